The second-order valence-electron chi connectivity index (χ2n) is 9.32. The molecule has 3 fully saturated rings. The van der Waals surface area contributed by atoms with Gasteiger partial charge < -0.3 is 14.2 Å². The average molecular weight is 405 g/mol. The zero-order chi connectivity index (χ0) is 21.2. The Bertz CT molecular complexity index is 666. The summed E-state index contributed by atoms with van der Waals surface area (Å²) in [4.78, 5) is 24.8. The molecule has 2 aliphatic carbocycles. The zero-order valence-corrected chi connectivity index (χ0v) is 18.3. The predicted molar refractivity (Wildman–Crippen MR) is 111 cm³/mol. The second kappa shape index (κ2) is 8.73. The summed E-state index contributed by atoms with van der Waals surface area (Å²) >= 11 is 0. The van der Waals surface area contributed by atoms with Crippen LogP contribution in [-0.2, 0) is 23.8 Å². The van der Waals surface area contributed by atoms with Crippen molar-refractivity contribution < 1.29 is 23.8 Å². The van der Waals surface area contributed by atoms with Crippen LogP contribution in [0.15, 0.2) is 24.8 Å². The third-order valence-corrected chi connectivity index (χ3v) is 6.61. The lowest BCUT2D eigenvalue weighted by Gasteiger charge is -2.30. The molecule has 162 valence electrons. The summed E-state index contributed by atoms with van der Waals surface area (Å²) in [7, 11) is 0. The number of allylic oxidation sites excluding steroid dienone is 1. The minimum atomic E-state index is -0.658. The van der Waals surface area contributed by atoms with Gasteiger partial charge in [0.2, 0.25) is 0 Å². The second-order valence-corrected chi connectivity index (χ2v) is 9.32. The molecule has 1 saturated heterocycles. The Morgan fingerprint density at radius 2 is 2.10 bits per heavy atom. The van der Waals surface area contributed by atoms with Gasteiger partial charge in [-0.2, -0.15) is 0 Å². The van der Waals surface area contributed by atoms with Crippen molar-refractivity contribution >= 4 is 11.8 Å². The maximum Gasteiger partial charge on any atom is 0.303 e. The highest BCUT2D eigenvalue weighted by atomic mass is 16.8. The van der Waals surface area contributed by atoms with E-state index in [-0.39, 0.29) is 35.6 Å². The SMILES string of the molecule is C=CC[C@]12C[C@H]3[C@H](CC(=O)[C@@H]3[C@H](/C=C/CCCCC)OC(C)=O)[C@H]1OC(C)(C)O2. The molecular formula is C24H36O5. The lowest BCUT2D eigenvalue weighted by atomic mass is 9.84. The van der Waals surface area contributed by atoms with Crippen LogP contribution >= 0.6 is 0 Å². The number of unbranched alkanes of at least 4 members (excludes halogenated alkanes) is 3. The molecule has 6 atom stereocenters. The van der Waals surface area contributed by atoms with Gasteiger partial charge in [0.25, 0.3) is 0 Å². The smallest absolute Gasteiger partial charge is 0.303 e. The van der Waals surface area contributed by atoms with Crippen molar-refractivity contribution in [3.05, 3.63) is 24.8 Å². The molecule has 0 amide bonds. The molecule has 2 saturated carbocycles. The van der Waals surface area contributed by atoms with Crippen molar-refractivity contribution in [2.24, 2.45) is 17.8 Å². The fraction of sp³-hybridized carbons (Fsp3) is 0.750. The number of hydrogen-bond acceptors (Lipinski definition) is 5. The van der Waals surface area contributed by atoms with Gasteiger partial charge in [0, 0.05) is 13.3 Å². The quantitative estimate of drug-likeness (QED) is 0.315. The molecule has 3 rings (SSSR count). The van der Waals surface area contributed by atoms with Gasteiger partial charge in [0.05, 0.1) is 12.0 Å². The van der Waals surface area contributed by atoms with E-state index in [1.165, 1.54) is 13.3 Å². The Hall–Kier alpha value is -1.46. The van der Waals surface area contributed by atoms with Crippen LogP contribution in [0.1, 0.15) is 72.6 Å². The van der Waals surface area contributed by atoms with Gasteiger partial charge >= 0.3 is 5.97 Å². The van der Waals surface area contributed by atoms with Crippen molar-refractivity contribution in [1.82, 2.24) is 0 Å². The predicted octanol–water partition coefficient (Wildman–Crippen LogP) is 4.75. The number of ether oxygens (including phenoxy) is 3. The molecule has 1 aliphatic heterocycles. The largest absolute Gasteiger partial charge is 0.458 e. The minimum absolute atomic E-state index is 0.0909. The van der Waals surface area contributed by atoms with Gasteiger partial charge in [-0.3, -0.25) is 9.59 Å². The summed E-state index contributed by atoms with van der Waals surface area (Å²) in [6, 6.07) is 0. The standard InChI is InChI=1S/C24H36O5/c1-6-8-9-10-11-12-20(27-16(3)25)21-18-15-24(13-7-2)22(17(18)14-19(21)26)28-23(4,5)29-24/h7,11-12,17-18,20-22H,2,6,8-10,13-15H2,1,3-5H3/b12-11+/t17-,18-,20-,21+,22+,24-/m0/s1. The number of esters is 1. The van der Waals surface area contributed by atoms with Crippen LogP contribution < -0.4 is 0 Å². The molecule has 0 unspecified atom stereocenters. The summed E-state index contributed by atoms with van der Waals surface area (Å²) in [6.07, 6.45) is 11.5. The molecule has 0 aromatic carbocycles. The fourth-order valence-corrected chi connectivity index (χ4v) is 5.73. The van der Waals surface area contributed by atoms with Gasteiger partial charge in [-0.15, -0.1) is 6.58 Å². The topological polar surface area (TPSA) is 61.8 Å². The van der Waals surface area contributed by atoms with Gasteiger partial charge in [0.1, 0.15) is 17.5 Å². The Kier molecular flexibility index (Phi) is 6.69. The van der Waals surface area contributed by atoms with Crippen LogP contribution in [0.3, 0.4) is 0 Å². The molecule has 3 aliphatic rings. The lowest BCUT2D eigenvalue weighted by molar-refractivity contribution is -0.175. The maximum absolute atomic E-state index is 13.0. The molecule has 29 heavy (non-hydrogen) atoms. The van der Waals surface area contributed by atoms with Crippen molar-refractivity contribution in [2.45, 2.75) is 96.2 Å². The summed E-state index contributed by atoms with van der Waals surface area (Å²) in [5, 5.41) is 0. The highest BCUT2D eigenvalue weighted by molar-refractivity contribution is 5.85. The Morgan fingerprint density at radius 3 is 2.76 bits per heavy atom. The molecule has 0 spiro atoms. The number of fused-ring (bicyclic) bond motifs is 3. The van der Waals surface area contributed by atoms with Gasteiger partial charge in [-0.25, -0.2) is 0 Å². The lowest BCUT2D eigenvalue weighted by Crippen LogP contribution is -2.39. The number of Topliss-reactive ketones (excluding diaryl/α,β-unsaturated/α-hetero) is 1. The van der Waals surface area contributed by atoms with E-state index in [9.17, 15) is 9.59 Å². The van der Waals surface area contributed by atoms with Crippen molar-refractivity contribution in [1.29, 1.82) is 0 Å². The van der Waals surface area contributed by atoms with Gasteiger partial charge in [-0.1, -0.05) is 31.9 Å². The molecule has 0 radical (unpaired) electrons. The molecule has 1 heterocycles. The van der Waals surface area contributed by atoms with Crippen LogP contribution in [0.5, 0.6) is 0 Å². The molecule has 0 aromatic heterocycles. The Labute approximate surface area is 174 Å². The summed E-state index contributed by atoms with van der Waals surface area (Å²) in [5.74, 6) is -0.973. The Morgan fingerprint density at radius 1 is 1.34 bits per heavy atom. The molecule has 0 aromatic rings. The van der Waals surface area contributed by atoms with Crippen molar-refractivity contribution in [2.75, 3.05) is 0 Å². The third-order valence-electron chi connectivity index (χ3n) is 6.61. The van der Waals surface area contributed by atoms with Crippen molar-refractivity contribution in [3.63, 3.8) is 0 Å². The minimum Gasteiger partial charge on any atom is -0.458 e. The van der Waals surface area contributed by atoms with Crippen molar-refractivity contribution in [3.8, 4) is 0 Å². The molecular weight excluding hydrogens is 368 g/mol. The van der Waals surface area contributed by atoms with E-state index in [0.29, 0.717) is 12.8 Å². The van der Waals surface area contributed by atoms with Crippen LogP contribution in [0.4, 0.5) is 0 Å². The van der Waals surface area contributed by atoms with Crippen LogP contribution in [0.25, 0.3) is 0 Å². The van der Waals surface area contributed by atoms with Crippen LogP contribution in [-0.4, -0.2) is 35.3 Å². The van der Waals surface area contributed by atoms with E-state index in [4.69, 9.17) is 14.2 Å². The molecule has 0 bridgehead atoms. The summed E-state index contributed by atoms with van der Waals surface area (Å²) in [6.45, 7) is 11.4. The number of carbonyl (C=O) groups is 2. The number of carbonyl (C=O) groups excluding carboxylic acids is 2. The van der Waals surface area contributed by atoms with Gasteiger partial charge in [-0.05, 0) is 57.4 Å². The highest BCUT2D eigenvalue weighted by Gasteiger charge is 2.67. The number of rotatable bonds is 9. The normalized spacial score (nSPS) is 36.2. The first-order valence-electron chi connectivity index (χ1n) is 11.1. The van der Waals surface area contributed by atoms with E-state index >= 15 is 0 Å². The first-order valence-corrected chi connectivity index (χ1v) is 11.1. The van der Waals surface area contributed by atoms with E-state index in [2.05, 4.69) is 19.6 Å². The highest BCUT2D eigenvalue weighted by Crippen LogP contribution is 2.59. The average Bonchev–Trinajstić information content (AvgIpc) is 3.15. The summed E-state index contributed by atoms with van der Waals surface area (Å²) in [5.41, 5.74) is -0.439. The first-order chi connectivity index (χ1) is 13.7. The number of ketones is 1. The first kappa shape index (κ1) is 22.2. The monoisotopic (exact) mass is 404 g/mol. The maximum atomic E-state index is 13.0. The van der Waals surface area contributed by atoms with E-state index in [0.717, 1.165) is 25.7 Å². The van der Waals surface area contributed by atoms with E-state index in [1.54, 1.807) is 0 Å². The Balaban J connectivity index is 1.81. The molecule has 0 N–H and O–H groups in total. The third kappa shape index (κ3) is 4.51. The van der Waals surface area contributed by atoms with Crippen LogP contribution in [0.2, 0.25) is 0 Å². The molecule has 5 nitrogen and oxygen atoms in total. The van der Waals surface area contributed by atoms with E-state index < -0.39 is 17.5 Å². The number of hydrogen-bond donors (Lipinski definition) is 0. The van der Waals surface area contributed by atoms with Crippen LogP contribution in [0, 0.1) is 17.8 Å². The molecule has 5 heteroatoms. The van der Waals surface area contributed by atoms with Gasteiger partial charge in [0.15, 0.2) is 5.79 Å². The van der Waals surface area contributed by atoms with E-state index in [1.807, 2.05) is 26.0 Å². The summed E-state index contributed by atoms with van der Waals surface area (Å²) < 4.78 is 18.3. The zero-order valence-electron chi connectivity index (χ0n) is 18.3. The fourth-order valence-electron chi connectivity index (χ4n) is 5.73.